The van der Waals surface area contributed by atoms with Crippen molar-refractivity contribution >= 4 is 6.09 Å². The molecule has 1 unspecified atom stereocenters. The van der Waals surface area contributed by atoms with Crippen LogP contribution in [0.15, 0.2) is 0 Å². The molecular formula is C13H19NO3. The lowest BCUT2D eigenvalue weighted by molar-refractivity contribution is -0.196. The smallest absolute Gasteiger partial charge is 0.408 e. The highest BCUT2D eigenvalue weighted by Gasteiger charge is 2.71. The van der Waals surface area contributed by atoms with Gasteiger partial charge in [0.1, 0.15) is 11.7 Å². The van der Waals surface area contributed by atoms with Crippen molar-refractivity contribution in [2.75, 3.05) is 0 Å². The highest BCUT2D eigenvalue weighted by atomic mass is 16.6. The van der Waals surface area contributed by atoms with Gasteiger partial charge in [-0.25, -0.2) is 4.79 Å². The van der Waals surface area contributed by atoms with E-state index in [1.54, 1.807) is 0 Å². The van der Waals surface area contributed by atoms with Gasteiger partial charge in [-0.05, 0) is 40.0 Å². The van der Waals surface area contributed by atoms with Crippen LogP contribution >= 0.6 is 0 Å². The molecule has 3 aliphatic carbocycles. The van der Waals surface area contributed by atoms with Crippen LogP contribution in [0, 0.1) is 17.8 Å². The Kier molecular flexibility index (Phi) is 2.45. The lowest BCUT2D eigenvalue weighted by Crippen LogP contribution is -2.77. The minimum Gasteiger partial charge on any atom is -0.444 e. The van der Waals surface area contributed by atoms with E-state index < -0.39 is 11.7 Å². The van der Waals surface area contributed by atoms with E-state index in [4.69, 9.17) is 11.2 Å². The largest absolute Gasteiger partial charge is 0.444 e. The first kappa shape index (κ1) is 12.3. The van der Waals surface area contributed by atoms with Crippen molar-refractivity contribution in [3.05, 3.63) is 0 Å². The summed E-state index contributed by atoms with van der Waals surface area (Å²) in [6, 6.07) is 0. The highest BCUT2D eigenvalue weighted by molar-refractivity contribution is 5.70. The third-order valence-electron chi connectivity index (χ3n) is 3.58. The Morgan fingerprint density at radius 3 is 2.41 bits per heavy atom. The standard InChI is InChI=1S/C13H19NO3/c1-5-9(15)12-6-13(7-12,8-12)14-10(16)17-11(2,3)4/h1,9,15H,6-8H2,2-4H3,(H,14,16). The molecule has 2 bridgehead atoms. The van der Waals surface area contributed by atoms with Gasteiger partial charge >= 0.3 is 6.09 Å². The van der Waals surface area contributed by atoms with Crippen LogP contribution in [0.4, 0.5) is 4.79 Å². The van der Waals surface area contributed by atoms with Crippen molar-refractivity contribution in [1.82, 2.24) is 5.32 Å². The molecule has 17 heavy (non-hydrogen) atoms. The van der Waals surface area contributed by atoms with E-state index in [9.17, 15) is 9.90 Å². The zero-order valence-electron chi connectivity index (χ0n) is 10.5. The van der Waals surface area contributed by atoms with Gasteiger partial charge in [0.15, 0.2) is 0 Å². The molecular weight excluding hydrogens is 218 g/mol. The average Bonchev–Trinajstić information content (AvgIpc) is 2.04. The first-order chi connectivity index (χ1) is 7.70. The second-order valence-corrected chi connectivity index (χ2v) is 6.37. The summed E-state index contributed by atoms with van der Waals surface area (Å²) in [5.74, 6) is 2.37. The molecule has 0 aromatic carbocycles. The molecule has 0 heterocycles. The maximum atomic E-state index is 11.6. The molecule has 3 rings (SSSR count). The SMILES string of the molecule is C#CC(O)C12CC(NC(=O)OC(C)(C)C)(C1)C2. The number of amides is 1. The number of alkyl carbamates (subject to hydrolysis) is 1. The number of carbonyl (C=O) groups is 1. The minimum atomic E-state index is -0.690. The fourth-order valence-corrected chi connectivity index (χ4v) is 2.99. The predicted molar refractivity (Wildman–Crippen MR) is 63.2 cm³/mol. The Morgan fingerprint density at radius 2 is 2.00 bits per heavy atom. The molecule has 4 heteroatoms. The number of hydrogen-bond donors (Lipinski definition) is 2. The van der Waals surface area contributed by atoms with E-state index in [2.05, 4.69) is 11.2 Å². The number of carbonyl (C=O) groups excluding carboxylic acids is 1. The quantitative estimate of drug-likeness (QED) is 0.714. The predicted octanol–water partition coefficient (Wildman–Crippen LogP) is 1.43. The summed E-state index contributed by atoms with van der Waals surface area (Å²) in [7, 11) is 0. The van der Waals surface area contributed by atoms with Gasteiger partial charge < -0.3 is 15.2 Å². The lowest BCUT2D eigenvalue weighted by Gasteiger charge is -2.71. The second kappa shape index (κ2) is 3.39. The molecule has 0 spiro atoms. The summed E-state index contributed by atoms with van der Waals surface area (Å²) in [6.45, 7) is 5.49. The molecule has 2 N–H and O–H groups in total. The molecule has 0 aromatic heterocycles. The fourth-order valence-electron chi connectivity index (χ4n) is 2.99. The van der Waals surface area contributed by atoms with Crippen molar-refractivity contribution in [1.29, 1.82) is 0 Å². The summed E-state index contributed by atoms with van der Waals surface area (Å²) >= 11 is 0. The van der Waals surface area contributed by atoms with Gasteiger partial charge in [-0.1, -0.05) is 5.92 Å². The Bertz CT molecular complexity index is 369. The van der Waals surface area contributed by atoms with Gasteiger partial charge in [-0.2, -0.15) is 0 Å². The van der Waals surface area contributed by atoms with E-state index in [1.165, 1.54) is 0 Å². The van der Waals surface area contributed by atoms with Crippen LogP contribution in [0.5, 0.6) is 0 Å². The van der Waals surface area contributed by atoms with Crippen LogP contribution in [-0.2, 0) is 4.74 Å². The molecule has 3 aliphatic rings. The monoisotopic (exact) mass is 237 g/mol. The number of rotatable bonds is 2. The summed E-state index contributed by atoms with van der Waals surface area (Å²) < 4.78 is 5.20. The zero-order valence-corrected chi connectivity index (χ0v) is 10.5. The van der Waals surface area contributed by atoms with Crippen molar-refractivity contribution in [3.8, 4) is 12.3 Å². The molecule has 1 atom stereocenters. The topological polar surface area (TPSA) is 58.6 Å². The Morgan fingerprint density at radius 1 is 1.47 bits per heavy atom. The normalized spacial score (nSPS) is 35.9. The van der Waals surface area contributed by atoms with E-state index in [0.717, 1.165) is 19.3 Å². The van der Waals surface area contributed by atoms with Gasteiger partial charge in [0.05, 0.1) is 0 Å². The van der Waals surface area contributed by atoms with Crippen LogP contribution in [0.1, 0.15) is 40.0 Å². The Hall–Kier alpha value is -1.21. The zero-order chi connectivity index (χ0) is 12.9. The first-order valence-corrected chi connectivity index (χ1v) is 5.86. The molecule has 3 fully saturated rings. The molecule has 4 nitrogen and oxygen atoms in total. The molecule has 0 radical (unpaired) electrons. The van der Waals surface area contributed by atoms with E-state index in [1.807, 2.05) is 20.8 Å². The van der Waals surface area contributed by atoms with Gasteiger partial charge in [0.2, 0.25) is 0 Å². The van der Waals surface area contributed by atoms with Crippen LogP contribution in [-0.4, -0.2) is 28.4 Å². The fraction of sp³-hybridized carbons (Fsp3) is 0.769. The summed E-state index contributed by atoms with van der Waals surface area (Å²) in [5, 5.41) is 12.5. The van der Waals surface area contributed by atoms with Crippen LogP contribution < -0.4 is 5.32 Å². The van der Waals surface area contributed by atoms with Crippen molar-refractivity contribution in [3.63, 3.8) is 0 Å². The molecule has 0 aliphatic heterocycles. The summed E-state index contributed by atoms with van der Waals surface area (Å²) in [4.78, 5) is 11.6. The highest BCUT2D eigenvalue weighted by Crippen LogP contribution is 2.68. The third kappa shape index (κ3) is 2.00. The Balaban J connectivity index is 1.83. The average molecular weight is 237 g/mol. The van der Waals surface area contributed by atoms with E-state index in [0.29, 0.717) is 0 Å². The number of aliphatic hydroxyl groups is 1. The number of aliphatic hydroxyl groups excluding tert-OH is 1. The molecule has 0 aromatic rings. The molecule has 1 amide bonds. The second-order valence-electron chi connectivity index (χ2n) is 6.37. The molecule has 0 saturated heterocycles. The van der Waals surface area contributed by atoms with Gasteiger partial charge in [0.25, 0.3) is 0 Å². The van der Waals surface area contributed by atoms with Crippen LogP contribution in [0.25, 0.3) is 0 Å². The minimum absolute atomic E-state index is 0.149. The third-order valence-corrected chi connectivity index (χ3v) is 3.58. The number of nitrogens with one attached hydrogen (secondary N) is 1. The van der Waals surface area contributed by atoms with Gasteiger partial charge in [0, 0.05) is 11.0 Å². The summed E-state index contributed by atoms with van der Waals surface area (Å²) in [5.41, 5.74) is -0.812. The maximum Gasteiger partial charge on any atom is 0.408 e. The van der Waals surface area contributed by atoms with E-state index >= 15 is 0 Å². The van der Waals surface area contributed by atoms with Crippen molar-refractivity contribution in [2.45, 2.75) is 57.3 Å². The summed E-state index contributed by atoms with van der Waals surface area (Å²) in [6.07, 6.45) is 6.39. The van der Waals surface area contributed by atoms with Gasteiger partial charge in [-0.15, -0.1) is 6.42 Å². The maximum absolute atomic E-state index is 11.6. The van der Waals surface area contributed by atoms with Crippen molar-refractivity contribution < 1.29 is 14.6 Å². The van der Waals surface area contributed by atoms with Crippen LogP contribution in [0.3, 0.4) is 0 Å². The first-order valence-electron chi connectivity index (χ1n) is 5.86. The van der Waals surface area contributed by atoms with Crippen molar-refractivity contribution in [2.24, 2.45) is 5.41 Å². The van der Waals surface area contributed by atoms with Gasteiger partial charge in [-0.3, -0.25) is 0 Å². The molecule has 3 saturated carbocycles. The molecule has 94 valence electrons. The number of hydrogen-bond acceptors (Lipinski definition) is 3. The number of ether oxygens (including phenoxy) is 1. The van der Waals surface area contributed by atoms with Crippen LogP contribution in [0.2, 0.25) is 0 Å². The van der Waals surface area contributed by atoms with E-state index in [-0.39, 0.29) is 17.0 Å². The Labute approximate surface area is 102 Å². The number of terminal acetylenes is 1. The lowest BCUT2D eigenvalue weighted by atomic mass is 9.37.